The van der Waals surface area contributed by atoms with Crippen molar-refractivity contribution >= 4 is 23.7 Å². The summed E-state index contributed by atoms with van der Waals surface area (Å²) in [5.41, 5.74) is -0.635. The Morgan fingerprint density at radius 3 is 2.63 bits per heavy atom. The van der Waals surface area contributed by atoms with E-state index >= 15 is 0 Å². The van der Waals surface area contributed by atoms with Crippen molar-refractivity contribution in [2.45, 2.75) is 82.3 Å². The number of nitrogens with one attached hydrogen (secondary N) is 1. The van der Waals surface area contributed by atoms with Crippen LogP contribution in [0.1, 0.15) is 64.0 Å². The van der Waals surface area contributed by atoms with Gasteiger partial charge >= 0.3 is 5.97 Å². The molecule has 4 heterocycles. The summed E-state index contributed by atoms with van der Waals surface area (Å²) in [5.74, 6) is -3.24. The van der Waals surface area contributed by atoms with Crippen LogP contribution in [0.3, 0.4) is 0 Å². The largest absolute Gasteiger partial charge is 0.455 e. The average Bonchev–Trinajstić information content (AvgIpc) is 3.37. The molecule has 2 saturated heterocycles. The number of benzene rings is 1. The van der Waals surface area contributed by atoms with Crippen LogP contribution in [0.15, 0.2) is 54.6 Å². The Labute approximate surface area is 253 Å². The summed E-state index contributed by atoms with van der Waals surface area (Å²) in [5, 5.41) is 12.3. The van der Waals surface area contributed by atoms with Crippen LogP contribution in [-0.4, -0.2) is 88.6 Å². The first-order valence-corrected chi connectivity index (χ1v) is 15.6. The monoisotopic (exact) mass is 593 g/mol. The van der Waals surface area contributed by atoms with Crippen LogP contribution in [0.25, 0.3) is 0 Å². The number of unbranched alkanes of at least 4 members (excludes halogenated alkanes) is 1. The van der Waals surface area contributed by atoms with Gasteiger partial charge in [-0.3, -0.25) is 19.2 Å². The highest BCUT2D eigenvalue weighted by atomic mass is 16.6. The standard InChI is InChI=1S/C33H43N3O7/c1-3-12-22(2)35-19-11-17-33-28(30(39)36(18-9-10-20-37)29(33)31(35)40)27-24(43-33)15-7-8-16-26(38)34-21-25(42-32(27)41)23-13-5-4-6-14-23/h4-7,11,13-15,17,22,24-25,27-29,37H,3,8-10,12,16,18-21H2,1-2H3,(H,34,38)/b15-7-/t22?,24-,25+,27+,28+,29-,33+/m0/s1. The van der Waals surface area contributed by atoms with Gasteiger partial charge in [-0.25, -0.2) is 0 Å². The van der Waals surface area contributed by atoms with Gasteiger partial charge in [0.2, 0.25) is 17.7 Å². The number of aliphatic hydroxyl groups excluding tert-OH is 1. The second kappa shape index (κ2) is 13.4. The maximum absolute atomic E-state index is 14.4. The third-order valence-corrected chi connectivity index (χ3v) is 9.12. The minimum Gasteiger partial charge on any atom is -0.455 e. The molecule has 5 rings (SSSR count). The number of hydrogen-bond acceptors (Lipinski definition) is 7. The second-order valence-corrected chi connectivity index (χ2v) is 11.9. The van der Waals surface area contributed by atoms with Crippen LogP contribution in [0, 0.1) is 11.8 Å². The molecule has 4 aliphatic rings. The number of carbonyl (C=O) groups is 4. The number of fused-ring (bicyclic) bond motifs is 2. The first-order chi connectivity index (χ1) is 20.8. The Bertz CT molecular complexity index is 1250. The number of amides is 3. The van der Waals surface area contributed by atoms with Crippen LogP contribution in [0.5, 0.6) is 0 Å². The van der Waals surface area contributed by atoms with Gasteiger partial charge in [-0.15, -0.1) is 0 Å². The van der Waals surface area contributed by atoms with Crippen LogP contribution < -0.4 is 5.32 Å². The lowest BCUT2D eigenvalue weighted by Gasteiger charge is -2.37. The molecule has 0 saturated carbocycles. The number of rotatable bonds is 8. The highest BCUT2D eigenvalue weighted by Crippen LogP contribution is 2.53. The van der Waals surface area contributed by atoms with E-state index in [0.717, 1.165) is 18.4 Å². The maximum Gasteiger partial charge on any atom is 0.313 e. The Hall–Kier alpha value is -3.50. The Morgan fingerprint density at radius 2 is 1.88 bits per heavy atom. The molecular weight excluding hydrogens is 550 g/mol. The summed E-state index contributed by atoms with van der Waals surface area (Å²) in [6, 6.07) is 8.21. The number of aliphatic hydroxyl groups is 1. The summed E-state index contributed by atoms with van der Waals surface area (Å²) in [6.45, 7) is 4.81. The smallest absolute Gasteiger partial charge is 0.313 e. The van der Waals surface area contributed by atoms with Crippen molar-refractivity contribution in [3.8, 4) is 0 Å². The molecule has 0 radical (unpaired) electrons. The van der Waals surface area contributed by atoms with E-state index in [2.05, 4.69) is 12.2 Å². The van der Waals surface area contributed by atoms with Crippen molar-refractivity contribution in [1.82, 2.24) is 15.1 Å². The molecule has 1 spiro atoms. The number of esters is 1. The van der Waals surface area contributed by atoms with Gasteiger partial charge in [0.05, 0.1) is 18.6 Å². The van der Waals surface area contributed by atoms with Crippen molar-refractivity contribution in [1.29, 1.82) is 0 Å². The van der Waals surface area contributed by atoms with Crippen molar-refractivity contribution in [2.75, 3.05) is 26.2 Å². The number of cyclic esters (lactones) is 1. The number of nitrogens with zero attached hydrogens (tertiary/aromatic N) is 2. The highest BCUT2D eigenvalue weighted by molar-refractivity contribution is 5.99. The molecule has 10 heteroatoms. The predicted octanol–water partition coefficient (Wildman–Crippen LogP) is 2.68. The molecule has 7 atom stereocenters. The number of hydrogen-bond donors (Lipinski definition) is 2. The minimum absolute atomic E-state index is 0.0233. The molecule has 3 amide bonds. The lowest BCUT2D eigenvalue weighted by atomic mass is 9.77. The van der Waals surface area contributed by atoms with Crippen molar-refractivity contribution in [3.05, 3.63) is 60.2 Å². The maximum atomic E-state index is 14.4. The predicted molar refractivity (Wildman–Crippen MR) is 158 cm³/mol. The Morgan fingerprint density at radius 1 is 1.09 bits per heavy atom. The topological polar surface area (TPSA) is 125 Å². The SMILES string of the molecule is CCCC(C)N1CC=C[C@@]23O[C@H]4/C=C\CCC(=O)NC[C@H](c5ccccc5)OC(=O)[C@H]4[C@@H]2C(=O)N(CCCCO)[C@H]3C1=O. The zero-order valence-electron chi connectivity index (χ0n) is 25.0. The Kier molecular flexibility index (Phi) is 9.66. The highest BCUT2D eigenvalue weighted by Gasteiger charge is 2.71. The van der Waals surface area contributed by atoms with E-state index in [0.29, 0.717) is 25.8 Å². The van der Waals surface area contributed by atoms with E-state index in [1.54, 1.807) is 22.0 Å². The molecule has 2 fully saturated rings. The number of carbonyl (C=O) groups excluding carboxylic acids is 4. The van der Waals surface area contributed by atoms with E-state index in [1.807, 2.05) is 49.4 Å². The zero-order valence-corrected chi connectivity index (χ0v) is 25.0. The molecule has 1 aromatic rings. The third-order valence-electron chi connectivity index (χ3n) is 9.12. The van der Waals surface area contributed by atoms with Gasteiger partial charge in [-0.1, -0.05) is 68.0 Å². The van der Waals surface area contributed by atoms with Gasteiger partial charge < -0.3 is 29.7 Å². The molecule has 0 bridgehead atoms. The van der Waals surface area contributed by atoms with Gasteiger partial charge in [0.1, 0.15) is 23.7 Å². The fraction of sp³-hybridized carbons (Fsp3) is 0.576. The Balaban J connectivity index is 1.56. The van der Waals surface area contributed by atoms with Gasteiger partial charge in [-0.2, -0.15) is 0 Å². The first kappa shape index (κ1) is 30.9. The lowest BCUT2D eigenvalue weighted by molar-refractivity contribution is -0.160. The lowest BCUT2D eigenvalue weighted by Crippen LogP contribution is -2.56. The van der Waals surface area contributed by atoms with Crippen molar-refractivity contribution in [2.24, 2.45) is 11.8 Å². The van der Waals surface area contributed by atoms with Gasteiger partial charge in [0, 0.05) is 32.2 Å². The van der Waals surface area contributed by atoms with Crippen LogP contribution in [-0.2, 0) is 28.7 Å². The molecule has 10 nitrogen and oxygen atoms in total. The molecule has 0 aliphatic carbocycles. The molecule has 1 aromatic carbocycles. The van der Waals surface area contributed by atoms with Crippen LogP contribution in [0.4, 0.5) is 0 Å². The van der Waals surface area contributed by atoms with Crippen molar-refractivity contribution < 1.29 is 33.8 Å². The first-order valence-electron chi connectivity index (χ1n) is 15.6. The fourth-order valence-corrected chi connectivity index (χ4v) is 7.03. The summed E-state index contributed by atoms with van der Waals surface area (Å²) in [7, 11) is 0. The normalized spacial score (nSPS) is 32.5. The van der Waals surface area contributed by atoms with E-state index in [1.165, 1.54) is 0 Å². The quantitative estimate of drug-likeness (QED) is 0.270. The zero-order chi connectivity index (χ0) is 30.6. The van der Waals surface area contributed by atoms with Gasteiger partial charge in [-0.05, 0) is 38.2 Å². The molecule has 1 unspecified atom stereocenters. The van der Waals surface area contributed by atoms with Crippen molar-refractivity contribution in [3.63, 3.8) is 0 Å². The fourth-order valence-electron chi connectivity index (χ4n) is 7.03. The average molecular weight is 594 g/mol. The summed E-state index contributed by atoms with van der Waals surface area (Å²) < 4.78 is 12.8. The molecule has 232 valence electrons. The van der Waals surface area contributed by atoms with E-state index in [9.17, 15) is 24.3 Å². The molecular formula is C33H43N3O7. The van der Waals surface area contributed by atoms with E-state index < -0.39 is 41.7 Å². The minimum atomic E-state index is -1.36. The number of likely N-dealkylation sites (tertiary alicyclic amines) is 1. The molecule has 4 aliphatic heterocycles. The van der Waals surface area contributed by atoms with Crippen LogP contribution >= 0.6 is 0 Å². The van der Waals surface area contributed by atoms with E-state index in [4.69, 9.17) is 9.47 Å². The molecule has 2 N–H and O–H groups in total. The number of allylic oxidation sites excluding steroid dienone is 1. The van der Waals surface area contributed by atoms with E-state index in [-0.39, 0.29) is 49.9 Å². The second-order valence-electron chi connectivity index (χ2n) is 11.9. The van der Waals surface area contributed by atoms with Crippen LogP contribution in [0.2, 0.25) is 0 Å². The summed E-state index contributed by atoms with van der Waals surface area (Å²) in [6.07, 6.45) is 9.08. The molecule has 43 heavy (non-hydrogen) atoms. The van der Waals surface area contributed by atoms with Gasteiger partial charge in [0.25, 0.3) is 0 Å². The summed E-state index contributed by atoms with van der Waals surface area (Å²) >= 11 is 0. The molecule has 0 aromatic heterocycles. The van der Waals surface area contributed by atoms with Gasteiger partial charge in [0.15, 0.2) is 0 Å². The summed E-state index contributed by atoms with van der Waals surface area (Å²) in [4.78, 5) is 58.7. The third kappa shape index (κ3) is 5.99. The number of ether oxygens (including phenoxy) is 2.